The van der Waals surface area contributed by atoms with Crippen LogP contribution in [0.25, 0.3) is 0 Å². The molecule has 0 spiro atoms. The number of carbonyl (C=O) groups is 2. The van der Waals surface area contributed by atoms with E-state index in [9.17, 15) is 9.59 Å². The van der Waals surface area contributed by atoms with E-state index in [2.05, 4.69) is 0 Å². The zero-order valence-electron chi connectivity index (χ0n) is 18.2. The summed E-state index contributed by atoms with van der Waals surface area (Å²) in [6, 6.07) is 19.4. The second-order valence-corrected chi connectivity index (χ2v) is 7.22. The van der Waals surface area contributed by atoms with E-state index in [1.165, 1.54) is 7.11 Å². The van der Waals surface area contributed by atoms with Crippen LogP contribution in [0.3, 0.4) is 0 Å². The average molecular weight is 418 g/mol. The van der Waals surface area contributed by atoms with Crippen molar-refractivity contribution in [2.75, 3.05) is 13.7 Å². The molecule has 1 atom stereocenters. The largest absolute Gasteiger partial charge is 0.493 e. The van der Waals surface area contributed by atoms with Crippen LogP contribution in [-0.4, -0.2) is 25.5 Å². The molecule has 0 aliphatic carbocycles. The van der Waals surface area contributed by atoms with E-state index in [4.69, 9.17) is 14.2 Å². The maximum atomic E-state index is 13.2. The van der Waals surface area contributed by atoms with Crippen LogP contribution in [0.2, 0.25) is 0 Å². The molecule has 0 fully saturated rings. The van der Waals surface area contributed by atoms with Crippen molar-refractivity contribution in [2.45, 2.75) is 26.9 Å². The van der Waals surface area contributed by atoms with Crippen molar-refractivity contribution in [1.29, 1.82) is 0 Å². The fraction of sp³-hybridized carbons (Fsp3) is 0.231. The molecule has 0 N–H and O–H groups in total. The van der Waals surface area contributed by atoms with Crippen molar-refractivity contribution < 1.29 is 23.8 Å². The number of hydrogen-bond acceptors (Lipinski definition) is 5. The molecule has 3 rings (SSSR count). The van der Waals surface area contributed by atoms with Crippen molar-refractivity contribution in [2.24, 2.45) is 0 Å². The highest BCUT2D eigenvalue weighted by Crippen LogP contribution is 2.30. The molecule has 0 bridgehead atoms. The summed E-state index contributed by atoms with van der Waals surface area (Å²) in [5.41, 5.74) is 3.46. The smallest absolute Gasteiger partial charge is 0.339 e. The van der Waals surface area contributed by atoms with Crippen molar-refractivity contribution in [3.05, 3.63) is 94.5 Å². The van der Waals surface area contributed by atoms with Crippen molar-refractivity contribution >= 4 is 11.8 Å². The standard InChI is InChI=1S/C26H26O5/c1-5-30-22-15-14-21(16-23(22)29-4)26(28)31-25(20-12-8-18(3)9-13-20)24(27)19-10-6-17(2)7-11-19/h6-16,25H,5H2,1-4H3/t25-/m1/s1. The van der Waals surface area contributed by atoms with Crippen molar-refractivity contribution in [3.63, 3.8) is 0 Å². The van der Waals surface area contributed by atoms with Crippen LogP contribution in [-0.2, 0) is 4.74 Å². The first-order valence-electron chi connectivity index (χ1n) is 10.1. The minimum atomic E-state index is -1.06. The molecule has 0 unspecified atom stereocenters. The van der Waals surface area contributed by atoms with Crippen LogP contribution in [0.15, 0.2) is 66.7 Å². The summed E-state index contributed by atoms with van der Waals surface area (Å²) in [6.07, 6.45) is -1.06. The van der Waals surface area contributed by atoms with Gasteiger partial charge in [0.25, 0.3) is 0 Å². The number of ketones is 1. The van der Waals surface area contributed by atoms with Gasteiger partial charge in [0.1, 0.15) is 0 Å². The van der Waals surface area contributed by atoms with Crippen LogP contribution < -0.4 is 9.47 Å². The molecule has 3 aromatic carbocycles. The summed E-state index contributed by atoms with van der Waals surface area (Å²) < 4.78 is 16.5. The number of esters is 1. The lowest BCUT2D eigenvalue weighted by Crippen LogP contribution is -2.20. The lowest BCUT2D eigenvalue weighted by atomic mass is 9.98. The lowest BCUT2D eigenvalue weighted by molar-refractivity contribution is 0.0279. The molecular formula is C26H26O5. The number of Topliss-reactive ketones (excluding diaryl/α,β-unsaturated/α-hetero) is 1. The molecule has 5 nitrogen and oxygen atoms in total. The maximum Gasteiger partial charge on any atom is 0.339 e. The summed E-state index contributed by atoms with van der Waals surface area (Å²) in [4.78, 5) is 26.2. The number of aryl methyl sites for hydroxylation is 2. The predicted molar refractivity (Wildman–Crippen MR) is 119 cm³/mol. The van der Waals surface area contributed by atoms with Gasteiger partial charge in [0, 0.05) is 11.1 Å². The van der Waals surface area contributed by atoms with Gasteiger partial charge in [-0.25, -0.2) is 4.79 Å². The first-order chi connectivity index (χ1) is 14.9. The van der Waals surface area contributed by atoms with Gasteiger partial charge in [-0.15, -0.1) is 0 Å². The van der Waals surface area contributed by atoms with Gasteiger partial charge in [0.15, 0.2) is 17.6 Å². The fourth-order valence-electron chi connectivity index (χ4n) is 3.13. The van der Waals surface area contributed by atoms with Crippen molar-refractivity contribution in [1.82, 2.24) is 0 Å². The molecule has 3 aromatic rings. The molecule has 0 saturated heterocycles. The van der Waals surface area contributed by atoms with Crippen LogP contribution in [0.4, 0.5) is 0 Å². The molecule has 0 amide bonds. The minimum absolute atomic E-state index is 0.272. The molecule has 0 heterocycles. The summed E-state index contributed by atoms with van der Waals surface area (Å²) in [6.45, 7) is 6.25. The predicted octanol–water partition coefficient (Wildman–Crippen LogP) is 5.49. The molecule has 0 aromatic heterocycles. The summed E-state index contributed by atoms with van der Waals surface area (Å²) in [5, 5.41) is 0. The number of hydrogen-bond donors (Lipinski definition) is 0. The number of methoxy groups -OCH3 is 1. The van der Waals surface area contributed by atoms with Gasteiger partial charge < -0.3 is 14.2 Å². The monoisotopic (exact) mass is 418 g/mol. The van der Waals surface area contributed by atoms with Crippen LogP contribution in [0.1, 0.15) is 50.4 Å². The third-order valence-corrected chi connectivity index (χ3v) is 4.88. The first-order valence-corrected chi connectivity index (χ1v) is 10.1. The van der Waals surface area contributed by atoms with Crippen molar-refractivity contribution in [3.8, 4) is 11.5 Å². The fourth-order valence-corrected chi connectivity index (χ4v) is 3.13. The van der Waals surface area contributed by atoms with Gasteiger partial charge in [-0.05, 0) is 39.0 Å². The Bertz CT molecular complexity index is 1050. The van der Waals surface area contributed by atoms with Gasteiger partial charge in [-0.2, -0.15) is 0 Å². The summed E-state index contributed by atoms with van der Waals surface area (Å²) >= 11 is 0. The molecule has 0 aliphatic heterocycles. The van der Waals surface area contributed by atoms with Crippen LogP contribution in [0.5, 0.6) is 11.5 Å². The molecule has 0 saturated carbocycles. The zero-order valence-corrected chi connectivity index (χ0v) is 18.2. The Hall–Kier alpha value is -3.60. The highest BCUT2D eigenvalue weighted by molar-refractivity contribution is 6.02. The second kappa shape index (κ2) is 9.94. The highest BCUT2D eigenvalue weighted by atomic mass is 16.5. The SMILES string of the molecule is CCOc1ccc(C(=O)O[C@@H](C(=O)c2ccc(C)cc2)c2ccc(C)cc2)cc1OC. The minimum Gasteiger partial charge on any atom is -0.493 e. The Morgan fingerprint density at radius 3 is 1.97 bits per heavy atom. The van der Waals surface area contributed by atoms with E-state index in [0.29, 0.717) is 29.2 Å². The summed E-state index contributed by atoms with van der Waals surface area (Å²) in [5.74, 6) is 0.0582. The Morgan fingerprint density at radius 1 is 0.806 bits per heavy atom. The molecule has 31 heavy (non-hydrogen) atoms. The molecule has 160 valence electrons. The van der Waals surface area contributed by atoms with E-state index in [-0.39, 0.29) is 11.3 Å². The van der Waals surface area contributed by atoms with Crippen LogP contribution >= 0.6 is 0 Å². The van der Waals surface area contributed by atoms with E-state index in [1.807, 2.05) is 45.0 Å². The molecular weight excluding hydrogens is 392 g/mol. The van der Waals surface area contributed by atoms with Gasteiger partial charge in [-0.3, -0.25) is 4.79 Å². The van der Waals surface area contributed by atoms with E-state index < -0.39 is 12.1 Å². The molecule has 0 radical (unpaired) electrons. The third-order valence-electron chi connectivity index (χ3n) is 4.88. The zero-order chi connectivity index (χ0) is 22.4. The van der Waals surface area contributed by atoms with Crippen LogP contribution in [0, 0.1) is 13.8 Å². The van der Waals surface area contributed by atoms with Gasteiger partial charge in [-0.1, -0.05) is 59.7 Å². The normalized spacial score (nSPS) is 11.5. The number of rotatable bonds is 8. The van der Waals surface area contributed by atoms with E-state index >= 15 is 0 Å². The van der Waals surface area contributed by atoms with Gasteiger partial charge in [0.05, 0.1) is 19.3 Å². The Kier molecular flexibility index (Phi) is 7.08. The summed E-state index contributed by atoms with van der Waals surface area (Å²) in [7, 11) is 1.50. The Labute approximate surface area is 182 Å². The molecule has 5 heteroatoms. The van der Waals surface area contributed by atoms with Gasteiger partial charge >= 0.3 is 5.97 Å². The lowest BCUT2D eigenvalue weighted by Gasteiger charge is -2.18. The quantitative estimate of drug-likeness (QED) is 0.357. The Morgan fingerprint density at radius 2 is 1.39 bits per heavy atom. The maximum absolute atomic E-state index is 13.2. The second-order valence-electron chi connectivity index (χ2n) is 7.22. The Balaban J connectivity index is 1.92. The van der Waals surface area contributed by atoms with Gasteiger partial charge in [0.2, 0.25) is 5.78 Å². The molecule has 0 aliphatic rings. The van der Waals surface area contributed by atoms with E-state index in [1.54, 1.807) is 42.5 Å². The highest BCUT2D eigenvalue weighted by Gasteiger charge is 2.27. The first kappa shape index (κ1) is 22.1. The number of carbonyl (C=O) groups excluding carboxylic acids is 2. The number of ether oxygens (including phenoxy) is 3. The average Bonchev–Trinajstić information content (AvgIpc) is 2.78. The number of benzene rings is 3. The topological polar surface area (TPSA) is 61.8 Å². The third kappa shape index (κ3) is 5.31. The van der Waals surface area contributed by atoms with E-state index in [0.717, 1.165) is 11.1 Å².